The highest BCUT2D eigenvalue weighted by molar-refractivity contribution is 5.99. The second-order valence-electron chi connectivity index (χ2n) is 12.7. The first kappa shape index (κ1) is 34.8. The van der Waals surface area contributed by atoms with Gasteiger partial charge in [0.05, 0.1) is 0 Å². The minimum Gasteiger partial charge on any atom is -0.444 e. The predicted octanol–water partition coefficient (Wildman–Crippen LogP) is 8.03. The second-order valence-corrected chi connectivity index (χ2v) is 12.7. The molecule has 232 valence electrons. The van der Waals surface area contributed by atoms with Gasteiger partial charge < -0.3 is 20.3 Å². The predicted molar refractivity (Wildman–Crippen MR) is 172 cm³/mol. The van der Waals surface area contributed by atoms with Crippen LogP contribution in [0.15, 0.2) is 42.5 Å². The Hall–Kier alpha value is -3.35. The molecule has 2 N–H and O–H groups in total. The largest absolute Gasteiger partial charge is 0.444 e. The summed E-state index contributed by atoms with van der Waals surface area (Å²) >= 11 is 0. The third-order valence-electron chi connectivity index (χ3n) is 7.33. The van der Waals surface area contributed by atoms with Gasteiger partial charge in [-0.2, -0.15) is 0 Å². The molecule has 0 heterocycles. The van der Waals surface area contributed by atoms with E-state index in [2.05, 4.69) is 17.6 Å². The Labute approximate surface area is 253 Å². The number of carbonyl (C=O) groups is 3. The number of anilines is 1. The number of ether oxygens (including phenoxy) is 1. The third-order valence-corrected chi connectivity index (χ3v) is 7.33. The van der Waals surface area contributed by atoms with Crippen LogP contribution in [0.2, 0.25) is 0 Å². The summed E-state index contributed by atoms with van der Waals surface area (Å²) in [4.78, 5) is 43.2. The van der Waals surface area contributed by atoms with Gasteiger partial charge in [-0.15, -0.1) is 0 Å². The average molecular weight is 580 g/mol. The molecule has 0 radical (unpaired) electrons. The molecule has 7 heteroatoms. The molecule has 0 aliphatic rings. The summed E-state index contributed by atoms with van der Waals surface area (Å²) in [6.45, 7) is 17.6. The number of para-hydroxylation sites is 1. The molecule has 0 saturated heterocycles. The molecule has 2 rings (SSSR count). The zero-order valence-corrected chi connectivity index (χ0v) is 27.3. The average Bonchev–Trinajstić information content (AvgIpc) is 2.90. The zero-order valence-electron chi connectivity index (χ0n) is 27.3. The number of nitrogens with one attached hydrogen (secondary N) is 2. The van der Waals surface area contributed by atoms with E-state index in [4.69, 9.17) is 4.74 Å². The van der Waals surface area contributed by atoms with Crippen molar-refractivity contribution in [3.8, 4) is 0 Å². The van der Waals surface area contributed by atoms with Crippen LogP contribution in [0.1, 0.15) is 108 Å². The SMILES string of the molecule is CCCCCCCCN(C(=O)C(NC(=O)OC(C)(C)C)C(C)C)C(C(=O)Nc1ccccc1C)c1cc(C)ccc1C. The molecule has 2 atom stereocenters. The lowest BCUT2D eigenvalue weighted by Gasteiger charge is -2.36. The molecule has 0 aliphatic carbocycles. The van der Waals surface area contributed by atoms with Gasteiger partial charge in [0, 0.05) is 12.2 Å². The standard InChI is InChI=1S/C35H53N3O4/c1-10-11-12-13-14-17-22-38(33(40)30(24(2)3)37-34(41)42-35(7,8)9)31(28-23-25(4)20-21-26(28)5)32(39)36-29-19-16-15-18-27(29)6/h15-16,18-21,23-24,30-31H,10-14,17,22H2,1-9H3,(H,36,39)(H,37,41). The maximum atomic E-state index is 14.5. The molecular formula is C35H53N3O4. The van der Waals surface area contributed by atoms with Crippen molar-refractivity contribution in [3.05, 3.63) is 64.7 Å². The fourth-order valence-electron chi connectivity index (χ4n) is 4.98. The normalized spacial score (nSPS) is 12.9. The Morgan fingerprint density at radius 2 is 1.52 bits per heavy atom. The molecule has 2 aromatic rings. The van der Waals surface area contributed by atoms with Crippen LogP contribution in [0.5, 0.6) is 0 Å². The highest BCUT2D eigenvalue weighted by Gasteiger charge is 2.38. The van der Waals surface area contributed by atoms with Crippen molar-refractivity contribution in [2.75, 3.05) is 11.9 Å². The van der Waals surface area contributed by atoms with E-state index in [0.29, 0.717) is 12.2 Å². The van der Waals surface area contributed by atoms with Gasteiger partial charge in [-0.25, -0.2) is 4.79 Å². The summed E-state index contributed by atoms with van der Waals surface area (Å²) in [7, 11) is 0. The van der Waals surface area contributed by atoms with Crippen molar-refractivity contribution in [2.24, 2.45) is 5.92 Å². The van der Waals surface area contributed by atoms with Crippen LogP contribution in [-0.2, 0) is 14.3 Å². The first-order chi connectivity index (χ1) is 19.7. The minimum atomic E-state index is -0.880. The summed E-state index contributed by atoms with van der Waals surface area (Å²) in [6, 6.07) is 11.9. The second kappa shape index (κ2) is 16.3. The summed E-state index contributed by atoms with van der Waals surface area (Å²) in [5.74, 6) is -0.803. The fourth-order valence-corrected chi connectivity index (χ4v) is 4.98. The van der Waals surface area contributed by atoms with E-state index in [-0.39, 0.29) is 17.7 Å². The number of aryl methyl sites for hydroxylation is 3. The van der Waals surface area contributed by atoms with Gasteiger partial charge >= 0.3 is 6.09 Å². The number of benzene rings is 2. The molecule has 0 spiro atoms. The van der Waals surface area contributed by atoms with Crippen molar-refractivity contribution in [1.82, 2.24) is 10.2 Å². The highest BCUT2D eigenvalue weighted by Crippen LogP contribution is 2.30. The van der Waals surface area contributed by atoms with Gasteiger partial charge in [0.25, 0.3) is 5.91 Å². The fraction of sp³-hybridized carbons (Fsp3) is 0.571. The summed E-state index contributed by atoms with van der Waals surface area (Å²) in [5, 5.41) is 5.92. The molecule has 2 unspecified atom stereocenters. The van der Waals surface area contributed by atoms with Crippen molar-refractivity contribution in [2.45, 2.75) is 119 Å². The number of alkyl carbamates (subject to hydrolysis) is 1. The Balaban J connectivity index is 2.56. The highest BCUT2D eigenvalue weighted by atomic mass is 16.6. The van der Waals surface area contributed by atoms with E-state index in [1.807, 2.05) is 77.1 Å². The molecule has 0 fully saturated rings. The van der Waals surface area contributed by atoms with E-state index in [9.17, 15) is 14.4 Å². The lowest BCUT2D eigenvalue weighted by Crippen LogP contribution is -2.54. The zero-order chi connectivity index (χ0) is 31.4. The number of unbranched alkanes of at least 4 members (excludes halogenated alkanes) is 5. The Morgan fingerprint density at radius 3 is 2.14 bits per heavy atom. The van der Waals surface area contributed by atoms with Crippen LogP contribution in [0.25, 0.3) is 0 Å². The molecule has 0 aromatic heterocycles. The number of rotatable bonds is 14. The minimum absolute atomic E-state index is 0.226. The van der Waals surface area contributed by atoms with E-state index in [1.54, 1.807) is 25.7 Å². The molecule has 42 heavy (non-hydrogen) atoms. The van der Waals surface area contributed by atoms with Gasteiger partial charge in [-0.3, -0.25) is 9.59 Å². The number of hydrogen-bond acceptors (Lipinski definition) is 4. The number of hydrogen-bond donors (Lipinski definition) is 2. The lowest BCUT2D eigenvalue weighted by molar-refractivity contribution is -0.141. The maximum Gasteiger partial charge on any atom is 0.408 e. The van der Waals surface area contributed by atoms with Crippen LogP contribution in [0.4, 0.5) is 10.5 Å². The van der Waals surface area contributed by atoms with Crippen molar-refractivity contribution >= 4 is 23.6 Å². The Morgan fingerprint density at radius 1 is 0.881 bits per heavy atom. The summed E-state index contributed by atoms with van der Waals surface area (Å²) in [5.41, 5.74) is 3.64. The Bertz CT molecular complexity index is 1180. The topological polar surface area (TPSA) is 87.7 Å². The number of nitrogens with zero attached hydrogens (tertiary/aromatic N) is 1. The quantitative estimate of drug-likeness (QED) is 0.222. The van der Waals surface area contributed by atoms with E-state index in [0.717, 1.165) is 54.4 Å². The van der Waals surface area contributed by atoms with E-state index < -0.39 is 23.8 Å². The summed E-state index contributed by atoms with van der Waals surface area (Å²) in [6.07, 6.45) is 5.62. The third kappa shape index (κ3) is 10.8. The first-order valence-electron chi connectivity index (χ1n) is 15.5. The molecular weight excluding hydrogens is 526 g/mol. The van der Waals surface area contributed by atoms with Gasteiger partial charge in [-0.1, -0.05) is 94.8 Å². The van der Waals surface area contributed by atoms with Crippen LogP contribution in [-0.4, -0.2) is 41.0 Å². The van der Waals surface area contributed by atoms with Gasteiger partial charge in [0.2, 0.25) is 5.91 Å². The Kier molecular flexibility index (Phi) is 13.5. The van der Waals surface area contributed by atoms with Gasteiger partial charge in [-0.05, 0) is 76.6 Å². The number of carbonyl (C=O) groups excluding carboxylic acids is 3. The van der Waals surface area contributed by atoms with Crippen molar-refractivity contribution in [3.63, 3.8) is 0 Å². The summed E-state index contributed by atoms with van der Waals surface area (Å²) < 4.78 is 5.50. The first-order valence-corrected chi connectivity index (χ1v) is 15.5. The van der Waals surface area contributed by atoms with E-state index in [1.165, 1.54) is 6.42 Å². The van der Waals surface area contributed by atoms with Crippen LogP contribution < -0.4 is 10.6 Å². The molecule has 2 aromatic carbocycles. The molecule has 0 bridgehead atoms. The van der Waals surface area contributed by atoms with Crippen molar-refractivity contribution < 1.29 is 19.1 Å². The van der Waals surface area contributed by atoms with Crippen molar-refractivity contribution in [1.29, 1.82) is 0 Å². The van der Waals surface area contributed by atoms with Crippen LogP contribution in [0, 0.1) is 26.7 Å². The molecule has 0 saturated carbocycles. The smallest absolute Gasteiger partial charge is 0.408 e. The van der Waals surface area contributed by atoms with Crippen LogP contribution >= 0.6 is 0 Å². The maximum absolute atomic E-state index is 14.5. The molecule has 3 amide bonds. The van der Waals surface area contributed by atoms with Crippen LogP contribution in [0.3, 0.4) is 0 Å². The van der Waals surface area contributed by atoms with E-state index >= 15 is 0 Å². The monoisotopic (exact) mass is 579 g/mol. The molecule has 7 nitrogen and oxygen atoms in total. The molecule has 0 aliphatic heterocycles. The lowest BCUT2D eigenvalue weighted by atomic mass is 9.94. The number of amides is 3. The van der Waals surface area contributed by atoms with Gasteiger partial charge in [0.15, 0.2) is 0 Å². The van der Waals surface area contributed by atoms with Gasteiger partial charge in [0.1, 0.15) is 17.7 Å².